The van der Waals surface area contributed by atoms with Gasteiger partial charge >= 0.3 is 0 Å². The molecule has 1 fully saturated rings. The van der Waals surface area contributed by atoms with E-state index >= 15 is 0 Å². The highest BCUT2D eigenvalue weighted by Gasteiger charge is 2.31. The van der Waals surface area contributed by atoms with Gasteiger partial charge in [-0.1, -0.05) is 38.9 Å². The fraction of sp³-hybridized carbons (Fsp3) is 0.588. The fourth-order valence-electron chi connectivity index (χ4n) is 3.23. The van der Waals surface area contributed by atoms with Gasteiger partial charge in [0.1, 0.15) is 10.8 Å². The predicted molar refractivity (Wildman–Crippen MR) is 89.8 cm³/mol. The molecular weight excluding hydrogens is 283 g/mol. The van der Waals surface area contributed by atoms with E-state index in [4.69, 9.17) is 18.0 Å². The Morgan fingerprint density at radius 3 is 2.43 bits per heavy atom. The van der Waals surface area contributed by atoms with Gasteiger partial charge in [-0.25, -0.2) is 4.39 Å². The minimum atomic E-state index is -0.169. The number of hydrogen-bond acceptors (Lipinski definition) is 2. The minimum absolute atomic E-state index is 0.169. The molecule has 1 aromatic rings. The summed E-state index contributed by atoms with van der Waals surface area (Å²) in [5.41, 5.74) is 7.57. The van der Waals surface area contributed by atoms with Crippen LogP contribution in [0.5, 0.6) is 0 Å². The van der Waals surface area contributed by atoms with E-state index in [1.54, 1.807) is 12.1 Å². The highest BCUT2D eigenvalue weighted by atomic mass is 32.1. The molecule has 1 heterocycles. The summed E-state index contributed by atoms with van der Waals surface area (Å²) in [7, 11) is 0. The Kier molecular flexibility index (Phi) is 5.33. The van der Waals surface area contributed by atoms with Crippen LogP contribution in [0.15, 0.2) is 18.2 Å². The summed E-state index contributed by atoms with van der Waals surface area (Å²) < 4.78 is 14.0. The van der Waals surface area contributed by atoms with Gasteiger partial charge in [-0.2, -0.15) is 0 Å². The third-order valence-electron chi connectivity index (χ3n) is 5.14. The molecule has 0 saturated carbocycles. The summed E-state index contributed by atoms with van der Waals surface area (Å²) in [6, 6.07) is 4.91. The van der Waals surface area contributed by atoms with Crippen molar-refractivity contribution in [3.05, 3.63) is 35.1 Å². The fourth-order valence-corrected chi connectivity index (χ4v) is 3.36. The summed E-state index contributed by atoms with van der Waals surface area (Å²) in [5, 5.41) is 0. The van der Waals surface area contributed by atoms with E-state index in [0.29, 0.717) is 22.5 Å². The van der Waals surface area contributed by atoms with Gasteiger partial charge in [0.15, 0.2) is 0 Å². The molecule has 21 heavy (non-hydrogen) atoms. The topological polar surface area (TPSA) is 29.3 Å². The largest absolute Gasteiger partial charge is 0.389 e. The molecule has 0 unspecified atom stereocenters. The SMILES string of the molecule is CCC1(CC)CCN(Cc2cc(C(N)=S)ccc2F)CC1. The number of thiocarbonyl (C=S) groups is 1. The van der Waals surface area contributed by atoms with Crippen LogP contribution in [0.4, 0.5) is 4.39 Å². The summed E-state index contributed by atoms with van der Waals surface area (Å²) in [6.07, 6.45) is 4.89. The molecule has 0 atom stereocenters. The van der Waals surface area contributed by atoms with Gasteiger partial charge in [0.25, 0.3) is 0 Å². The molecular formula is C17H25FN2S. The molecule has 0 bridgehead atoms. The molecule has 1 saturated heterocycles. The second kappa shape index (κ2) is 6.84. The first-order chi connectivity index (χ1) is 9.99. The first-order valence-corrected chi connectivity index (χ1v) is 8.21. The Labute approximate surface area is 132 Å². The molecule has 0 spiro atoms. The van der Waals surface area contributed by atoms with Crippen LogP contribution in [0, 0.1) is 11.2 Å². The first-order valence-electron chi connectivity index (χ1n) is 7.80. The zero-order valence-corrected chi connectivity index (χ0v) is 13.8. The van der Waals surface area contributed by atoms with E-state index in [9.17, 15) is 4.39 Å². The van der Waals surface area contributed by atoms with Crippen molar-refractivity contribution in [1.82, 2.24) is 4.90 Å². The van der Waals surface area contributed by atoms with Crippen LogP contribution in [-0.2, 0) is 6.54 Å². The molecule has 4 heteroatoms. The van der Waals surface area contributed by atoms with Crippen molar-refractivity contribution in [2.45, 2.75) is 46.1 Å². The number of halogens is 1. The van der Waals surface area contributed by atoms with E-state index in [0.717, 1.165) is 18.7 Å². The molecule has 2 nitrogen and oxygen atoms in total. The number of likely N-dealkylation sites (tertiary alicyclic amines) is 1. The van der Waals surface area contributed by atoms with Crippen LogP contribution < -0.4 is 5.73 Å². The number of nitrogens with zero attached hydrogens (tertiary/aromatic N) is 1. The maximum absolute atomic E-state index is 14.0. The molecule has 0 radical (unpaired) electrons. The van der Waals surface area contributed by atoms with Gasteiger partial charge in [0.05, 0.1) is 0 Å². The quantitative estimate of drug-likeness (QED) is 0.838. The first kappa shape index (κ1) is 16.4. The van der Waals surface area contributed by atoms with Crippen molar-refractivity contribution in [1.29, 1.82) is 0 Å². The number of rotatable bonds is 5. The van der Waals surface area contributed by atoms with Crippen molar-refractivity contribution in [3.8, 4) is 0 Å². The molecule has 2 N–H and O–H groups in total. The Bertz CT molecular complexity index is 502. The van der Waals surface area contributed by atoms with Crippen LogP contribution >= 0.6 is 12.2 Å². The maximum atomic E-state index is 14.0. The van der Waals surface area contributed by atoms with Crippen LogP contribution in [0.1, 0.15) is 50.7 Å². The lowest BCUT2D eigenvalue weighted by Gasteiger charge is -2.41. The van der Waals surface area contributed by atoms with Gasteiger partial charge in [0.2, 0.25) is 0 Å². The Hall–Kier alpha value is -1.00. The summed E-state index contributed by atoms with van der Waals surface area (Å²) in [5.74, 6) is -0.169. The lowest BCUT2D eigenvalue weighted by molar-refractivity contribution is 0.0902. The number of nitrogens with two attached hydrogens (primary N) is 1. The zero-order chi connectivity index (χ0) is 15.5. The predicted octanol–water partition coefficient (Wildman–Crippen LogP) is 3.86. The van der Waals surface area contributed by atoms with Crippen molar-refractivity contribution in [2.24, 2.45) is 11.1 Å². The highest BCUT2D eigenvalue weighted by molar-refractivity contribution is 7.80. The number of hydrogen-bond donors (Lipinski definition) is 1. The normalized spacial score (nSPS) is 18.6. The Morgan fingerprint density at radius 1 is 1.29 bits per heavy atom. The molecule has 0 amide bonds. The Morgan fingerprint density at radius 2 is 1.90 bits per heavy atom. The van der Waals surface area contributed by atoms with Crippen LogP contribution in [0.2, 0.25) is 0 Å². The molecule has 1 aliphatic heterocycles. The van der Waals surface area contributed by atoms with Crippen molar-refractivity contribution >= 4 is 17.2 Å². The van der Waals surface area contributed by atoms with E-state index in [2.05, 4.69) is 18.7 Å². The smallest absolute Gasteiger partial charge is 0.127 e. The molecule has 0 aliphatic carbocycles. The summed E-state index contributed by atoms with van der Waals surface area (Å²) in [4.78, 5) is 2.66. The lowest BCUT2D eigenvalue weighted by atomic mass is 9.74. The number of benzene rings is 1. The van der Waals surface area contributed by atoms with Crippen molar-refractivity contribution < 1.29 is 4.39 Å². The van der Waals surface area contributed by atoms with Crippen LogP contribution in [-0.4, -0.2) is 23.0 Å². The van der Waals surface area contributed by atoms with Gasteiger partial charge in [-0.15, -0.1) is 0 Å². The minimum Gasteiger partial charge on any atom is -0.389 e. The van der Waals surface area contributed by atoms with Crippen molar-refractivity contribution in [3.63, 3.8) is 0 Å². The monoisotopic (exact) mass is 308 g/mol. The van der Waals surface area contributed by atoms with Gasteiger partial charge in [0, 0.05) is 17.7 Å². The molecule has 1 aliphatic rings. The molecule has 1 aromatic carbocycles. The standard InChI is InChI=1S/C17H25FN2S/c1-3-17(4-2)7-9-20(10-8-17)12-14-11-13(16(19)21)5-6-15(14)18/h5-6,11H,3-4,7-10,12H2,1-2H3,(H2,19,21). The van der Waals surface area contributed by atoms with E-state index in [-0.39, 0.29) is 5.82 Å². The van der Waals surface area contributed by atoms with Crippen molar-refractivity contribution in [2.75, 3.05) is 13.1 Å². The van der Waals surface area contributed by atoms with Crippen LogP contribution in [0.3, 0.4) is 0 Å². The second-order valence-corrected chi connectivity index (χ2v) is 6.59. The molecule has 116 valence electrons. The molecule has 2 rings (SSSR count). The lowest BCUT2D eigenvalue weighted by Crippen LogP contribution is -2.39. The number of piperidine rings is 1. The maximum Gasteiger partial charge on any atom is 0.127 e. The average Bonchev–Trinajstić information content (AvgIpc) is 2.50. The van der Waals surface area contributed by atoms with E-state index < -0.39 is 0 Å². The van der Waals surface area contributed by atoms with E-state index in [1.165, 1.54) is 31.7 Å². The molecule has 0 aromatic heterocycles. The van der Waals surface area contributed by atoms with Crippen LogP contribution in [0.25, 0.3) is 0 Å². The average molecular weight is 308 g/mol. The Balaban J connectivity index is 2.03. The zero-order valence-electron chi connectivity index (χ0n) is 13.0. The third-order valence-corrected chi connectivity index (χ3v) is 5.38. The highest BCUT2D eigenvalue weighted by Crippen LogP contribution is 2.38. The van der Waals surface area contributed by atoms with Gasteiger partial charge in [-0.05, 0) is 49.5 Å². The summed E-state index contributed by atoms with van der Waals surface area (Å²) in [6.45, 7) is 7.29. The van der Waals surface area contributed by atoms with Gasteiger partial charge in [-0.3, -0.25) is 4.90 Å². The second-order valence-electron chi connectivity index (χ2n) is 6.15. The third kappa shape index (κ3) is 3.80. The van der Waals surface area contributed by atoms with Gasteiger partial charge < -0.3 is 5.73 Å². The van der Waals surface area contributed by atoms with E-state index in [1.807, 2.05) is 0 Å². The summed E-state index contributed by atoms with van der Waals surface area (Å²) >= 11 is 4.97.